The number of azo groups is 1. The van der Waals surface area contributed by atoms with Gasteiger partial charge in [0.2, 0.25) is 15.8 Å². The average Bonchev–Trinajstić information content (AvgIpc) is 2.90. The maximum absolute atomic E-state index is 13.2. The van der Waals surface area contributed by atoms with Crippen molar-refractivity contribution in [3.05, 3.63) is 95.7 Å². The van der Waals surface area contributed by atoms with E-state index in [1.807, 2.05) is 0 Å². The summed E-state index contributed by atoms with van der Waals surface area (Å²) in [4.78, 5) is 13.2. The van der Waals surface area contributed by atoms with Crippen LogP contribution in [0.3, 0.4) is 0 Å². The zero-order valence-electron chi connectivity index (χ0n) is 19.7. The van der Waals surface area contributed by atoms with Crippen LogP contribution in [0, 0.1) is 0 Å². The number of hydrogen-bond acceptors (Lipinski definition) is 7. The highest BCUT2D eigenvalue weighted by Crippen LogP contribution is 2.33. The van der Waals surface area contributed by atoms with Gasteiger partial charge >= 0.3 is 0 Å². The Kier molecular flexibility index (Phi) is 8.51. The number of hydrogen-bond donors (Lipinski definition) is 1. The number of aliphatic hydroxyl groups is 1. The molecule has 8 nitrogen and oxygen atoms in total. The van der Waals surface area contributed by atoms with Crippen LogP contribution in [0.2, 0.25) is 0 Å². The average molecular weight is 494 g/mol. The third-order valence-corrected chi connectivity index (χ3v) is 7.32. The van der Waals surface area contributed by atoms with Crippen molar-refractivity contribution in [2.75, 3.05) is 20.2 Å². The lowest BCUT2D eigenvalue weighted by atomic mass is 10.1. The number of rotatable bonds is 10. The fourth-order valence-corrected chi connectivity index (χ4v) is 4.86. The van der Waals surface area contributed by atoms with Gasteiger partial charge in [-0.25, -0.2) is 8.42 Å². The molecule has 0 unspecified atom stereocenters. The lowest BCUT2D eigenvalue weighted by Crippen LogP contribution is -2.30. The molecule has 0 radical (unpaired) electrons. The number of Topliss-reactive ketones (excluding diaryl/α,β-unsaturated/α-hetero) is 1. The predicted molar refractivity (Wildman–Crippen MR) is 134 cm³/mol. The zero-order valence-corrected chi connectivity index (χ0v) is 20.6. The van der Waals surface area contributed by atoms with Gasteiger partial charge in [-0.1, -0.05) is 74.5 Å². The molecule has 3 aromatic rings. The molecular weight excluding hydrogens is 466 g/mol. The minimum atomic E-state index is -3.76. The van der Waals surface area contributed by atoms with E-state index in [0.717, 1.165) is 0 Å². The summed E-state index contributed by atoms with van der Waals surface area (Å²) in [7, 11) is -2.34. The Morgan fingerprint density at radius 2 is 1.49 bits per heavy atom. The predicted octanol–water partition coefficient (Wildman–Crippen LogP) is 5.62. The minimum absolute atomic E-state index is 0.0168. The molecule has 0 aromatic heterocycles. The molecule has 1 N–H and O–H groups in total. The van der Waals surface area contributed by atoms with E-state index < -0.39 is 15.8 Å². The van der Waals surface area contributed by atoms with Crippen molar-refractivity contribution in [1.29, 1.82) is 0 Å². The Morgan fingerprint density at radius 1 is 0.914 bits per heavy atom. The van der Waals surface area contributed by atoms with E-state index in [2.05, 4.69) is 10.2 Å². The number of methoxy groups -OCH3 is 1. The lowest BCUT2D eigenvalue weighted by Gasteiger charge is -2.18. The van der Waals surface area contributed by atoms with Crippen LogP contribution in [-0.2, 0) is 10.0 Å². The van der Waals surface area contributed by atoms with Crippen molar-refractivity contribution >= 4 is 27.3 Å². The molecule has 0 fully saturated rings. The van der Waals surface area contributed by atoms with Crippen LogP contribution in [0.4, 0.5) is 5.69 Å². The summed E-state index contributed by atoms with van der Waals surface area (Å²) in [6.07, 6.45) is 0. The van der Waals surface area contributed by atoms with E-state index in [1.165, 1.54) is 29.6 Å². The summed E-state index contributed by atoms with van der Waals surface area (Å²) in [6.45, 7) is 4.13. The first-order valence-corrected chi connectivity index (χ1v) is 12.5. The number of carbonyl (C=O) groups is 1. The van der Waals surface area contributed by atoms with E-state index in [1.54, 1.807) is 74.5 Å². The van der Waals surface area contributed by atoms with Gasteiger partial charge in [-0.15, -0.1) is 10.2 Å². The number of allylic oxidation sites excluding steroid dienone is 1. The van der Waals surface area contributed by atoms with Crippen molar-refractivity contribution in [3.8, 4) is 5.75 Å². The van der Waals surface area contributed by atoms with Gasteiger partial charge in [-0.2, -0.15) is 4.31 Å². The van der Waals surface area contributed by atoms with E-state index in [9.17, 15) is 18.3 Å². The Morgan fingerprint density at radius 3 is 2.03 bits per heavy atom. The molecule has 3 rings (SSSR count). The molecule has 182 valence electrons. The highest BCUT2D eigenvalue weighted by molar-refractivity contribution is 7.89. The third-order valence-electron chi connectivity index (χ3n) is 5.27. The largest absolute Gasteiger partial charge is 0.505 e. The van der Waals surface area contributed by atoms with Crippen molar-refractivity contribution in [2.24, 2.45) is 10.2 Å². The van der Waals surface area contributed by atoms with Gasteiger partial charge in [0.25, 0.3) is 0 Å². The second-order valence-electron chi connectivity index (χ2n) is 7.38. The molecule has 3 aromatic carbocycles. The molecule has 0 heterocycles. The molecule has 35 heavy (non-hydrogen) atoms. The number of nitrogens with zero attached hydrogens (tertiary/aromatic N) is 3. The number of sulfonamides is 1. The topological polar surface area (TPSA) is 109 Å². The Balaban J connectivity index is 2.13. The van der Waals surface area contributed by atoms with Crippen LogP contribution in [0.1, 0.15) is 29.8 Å². The number of ether oxygens (including phenoxy) is 1. The van der Waals surface area contributed by atoms with Gasteiger partial charge < -0.3 is 9.84 Å². The summed E-state index contributed by atoms with van der Waals surface area (Å²) >= 11 is 0. The van der Waals surface area contributed by atoms with Crippen LogP contribution in [0.5, 0.6) is 5.75 Å². The molecule has 0 bridgehead atoms. The van der Waals surface area contributed by atoms with Gasteiger partial charge in [0.05, 0.1) is 12.0 Å². The molecule has 0 aliphatic carbocycles. The van der Waals surface area contributed by atoms with Crippen LogP contribution in [0.15, 0.2) is 99.7 Å². The van der Waals surface area contributed by atoms with E-state index in [-0.39, 0.29) is 27.8 Å². The Labute approximate surface area is 205 Å². The highest BCUT2D eigenvalue weighted by Gasteiger charge is 2.23. The first kappa shape index (κ1) is 25.8. The number of benzene rings is 3. The fourth-order valence-electron chi connectivity index (χ4n) is 3.38. The monoisotopic (exact) mass is 493 g/mol. The Bertz CT molecular complexity index is 1330. The van der Waals surface area contributed by atoms with Crippen molar-refractivity contribution in [1.82, 2.24) is 4.31 Å². The van der Waals surface area contributed by atoms with Crippen molar-refractivity contribution in [2.45, 2.75) is 18.7 Å². The smallest absolute Gasteiger partial charge is 0.243 e. The maximum Gasteiger partial charge on any atom is 0.243 e. The zero-order chi connectivity index (χ0) is 25.4. The first-order chi connectivity index (χ1) is 16.8. The lowest BCUT2D eigenvalue weighted by molar-refractivity contribution is 0.103. The molecule has 0 aliphatic rings. The quantitative estimate of drug-likeness (QED) is 0.171. The first-order valence-electron chi connectivity index (χ1n) is 11.0. The minimum Gasteiger partial charge on any atom is -0.505 e. The van der Waals surface area contributed by atoms with Crippen LogP contribution in [-0.4, -0.2) is 43.8 Å². The molecule has 0 saturated carbocycles. The van der Waals surface area contributed by atoms with Gasteiger partial charge in [0.1, 0.15) is 11.4 Å². The number of carbonyl (C=O) groups excluding carboxylic acids is 1. The van der Waals surface area contributed by atoms with Gasteiger partial charge in [-0.05, 0) is 18.2 Å². The molecule has 0 aliphatic heterocycles. The molecule has 9 heteroatoms. The van der Waals surface area contributed by atoms with Crippen LogP contribution < -0.4 is 4.74 Å². The van der Waals surface area contributed by atoms with Gasteiger partial charge in [0, 0.05) is 24.2 Å². The summed E-state index contributed by atoms with van der Waals surface area (Å²) in [5, 5.41) is 19.1. The fraction of sp³-hybridized carbons (Fsp3) is 0.192. The maximum atomic E-state index is 13.2. The van der Waals surface area contributed by atoms with E-state index >= 15 is 0 Å². The second kappa shape index (κ2) is 11.5. The number of ketones is 1. The molecule has 0 spiro atoms. The molecule has 0 atom stereocenters. The molecule has 0 amide bonds. The van der Waals surface area contributed by atoms with Crippen LogP contribution >= 0.6 is 0 Å². The number of aliphatic hydroxyl groups excluding tert-OH is 1. The third kappa shape index (κ3) is 5.82. The summed E-state index contributed by atoms with van der Waals surface area (Å²) in [5.74, 6) is -0.631. The Hall–Kier alpha value is -3.82. The van der Waals surface area contributed by atoms with E-state index in [0.29, 0.717) is 24.2 Å². The normalized spacial score (nSPS) is 12.6. The molecular formula is C26H27N3O5S. The van der Waals surface area contributed by atoms with Crippen molar-refractivity contribution < 1.29 is 23.1 Å². The second-order valence-corrected chi connectivity index (χ2v) is 9.32. The summed E-state index contributed by atoms with van der Waals surface area (Å²) < 4.78 is 32.6. The summed E-state index contributed by atoms with van der Waals surface area (Å²) in [5.41, 5.74) is 0.505. The van der Waals surface area contributed by atoms with Crippen LogP contribution in [0.25, 0.3) is 5.76 Å². The standard InChI is InChI=1S/C26H27N3O5S/c1-4-29(5-2)35(32,33)21-16-17-23(34-3)22(18-21)27-28-24(25(30)19-12-8-6-9-13-19)26(31)20-14-10-7-11-15-20/h6-18,30H,4-5H2,1-3H3/b25-24-,28-27?. The SMILES string of the molecule is CCN(CC)S(=O)(=O)c1ccc(OC)c(N=N/C(C(=O)c2ccccc2)=C(\O)c2ccccc2)c1. The van der Waals surface area contributed by atoms with Gasteiger partial charge in [-0.3, -0.25) is 4.79 Å². The van der Waals surface area contributed by atoms with Crippen molar-refractivity contribution in [3.63, 3.8) is 0 Å². The highest BCUT2D eigenvalue weighted by atomic mass is 32.2. The summed E-state index contributed by atoms with van der Waals surface area (Å²) in [6, 6.07) is 21.1. The van der Waals surface area contributed by atoms with Gasteiger partial charge in [0.15, 0.2) is 11.5 Å². The van der Waals surface area contributed by atoms with E-state index in [4.69, 9.17) is 4.74 Å². The molecule has 0 saturated heterocycles.